The van der Waals surface area contributed by atoms with Gasteiger partial charge in [0.2, 0.25) is 0 Å². The van der Waals surface area contributed by atoms with Crippen molar-refractivity contribution in [1.82, 2.24) is 10.2 Å². The second-order valence-electron chi connectivity index (χ2n) is 7.47. The van der Waals surface area contributed by atoms with E-state index in [1.807, 2.05) is 35.2 Å². The SMILES string of the molecule is C#CCOc1ccccc1CN(C)C(=O)N[C@@H]1CCCN(c2ccc(C#N)cc2F)C1. The van der Waals surface area contributed by atoms with E-state index in [9.17, 15) is 9.18 Å². The molecule has 0 aromatic heterocycles. The van der Waals surface area contributed by atoms with Gasteiger partial charge in [0, 0.05) is 31.7 Å². The van der Waals surface area contributed by atoms with E-state index in [4.69, 9.17) is 16.4 Å². The van der Waals surface area contributed by atoms with Gasteiger partial charge in [-0.1, -0.05) is 24.1 Å². The van der Waals surface area contributed by atoms with Crippen LogP contribution < -0.4 is 15.0 Å². The third kappa shape index (κ3) is 5.67. The van der Waals surface area contributed by atoms with Crippen LogP contribution in [0.4, 0.5) is 14.9 Å². The molecule has 1 aliphatic rings. The molecule has 0 radical (unpaired) electrons. The molecular weight excluding hydrogens is 395 g/mol. The molecule has 31 heavy (non-hydrogen) atoms. The molecular formula is C24H25FN4O2. The van der Waals surface area contributed by atoms with E-state index in [2.05, 4.69) is 11.2 Å². The first-order valence-corrected chi connectivity index (χ1v) is 10.1. The Morgan fingerprint density at radius 3 is 2.94 bits per heavy atom. The zero-order valence-electron chi connectivity index (χ0n) is 17.5. The lowest BCUT2D eigenvalue weighted by Gasteiger charge is -2.35. The van der Waals surface area contributed by atoms with Crippen molar-refractivity contribution in [2.45, 2.75) is 25.4 Å². The molecule has 1 fully saturated rings. The maximum atomic E-state index is 14.4. The number of benzene rings is 2. The first kappa shape index (κ1) is 22.0. The smallest absolute Gasteiger partial charge is 0.317 e. The van der Waals surface area contributed by atoms with Gasteiger partial charge in [-0.05, 0) is 37.1 Å². The Hall–Kier alpha value is -3.71. The van der Waals surface area contributed by atoms with Crippen LogP contribution in [-0.4, -0.2) is 43.7 Å². The van der Waals surface area contributed by atoms with Gasteiger partial charge in [0.25, 0.3) is 0 Å². The van der Waals surface area contributed by atoms with Crippen molar-refractivity contribution >= 4 is 11.7 Å². The number of amides is 2. The lowest BCUT2D eigenvalue weighted by atomic mass is 10.0. The third-order valence-electron chi connectivity index (χ3n) is 5.20. The second-order valence-corrected chi connectivity index (χ2v) is 7.47. The summed E-state index contributed by atoms with van der Waals surface area (Å²) >= 11 is 0. The number of hydrogen-bond acceptors (Lipinski definition) is 4. The number of terminal acetylenes is 1. The number of rotatable bonds is 6. The first-order valence-electron chi connectivity index (χ1n) is 10.1. The summed E-state index contributed by atoms with van der Waals surface area (Å²) in [5.74, 6) is 2.67. The zero-order chi connectivity index (χ0) is 22.2. The monoisotopic (exact) mass is 420 g/mol. The summed E-state index contributed by atoms with van der Waals surface area (Å²) in [6.07, 6.45) is 6.91. The van der Waals surface area contributed by atoms with E-state index in [0.29, 0.717) is 31.1 Å². The Morgan fingerprint density at radius 1 is 1.39 bits per heavy atom. The number of nitrogens with zero attached hydrogens (tertiary/aromatic N) is 3. The van der Waals surface area contributed by atoms with E-state index in [-0.39, 0.29) is 24.2 Å². The first-order chi connectivity index (χ1) is 15.0. The fourth-order valence-electron chi connectivity index (χ4n) is 3.65. The second kappa shape index (κ2) is 10.4. The van der Waals surface area contributed by atoms with Crippen LogP contribution in [0.15, 0.2) is 42.5 Å². The number of piperidine rings is 1. The lowest BCUT2D eigenvalue weighted by molar-refractivity contribution is 0.200. The Bertz CT molecular complexity index is 1010. The predicted molar refractivity (Wildman–Crippen MR) is 117 cm³/mol. The maximum absolute atomic E-state index is 14.4. The molecule has 160 valence electrons. The van der Waals surface area contributed by atoms with Gasteiger partial charge in [-0.3, -0.25) is 0 Å². The average molecular weight is 420 g/mol. The van der Waals surface area contributed by atoms with Crippen molar-refractivity contribution in [3.8, 4) is 24.2 Å². The summed E-state index contributed by atoms with van der Waals surface area (Å²) < 4.78 is 19.9. The highest BCUT2D eigenvalue weighted by Gasteiger charge is 2.24. The summed E-state index contributed by atoms with van der Waals surface area (Å²) in [5.41, 5.74) is 1.60. The lowest BCUT2D eigenvalue weighted by Crippen LogP contribution is -2.51. The van der Waals surface area contributed by atoms with Crippen LogP contribution in [0.5, 0.6) is 5.75 Å². The quantitative estimate of drug-likeness (QED) is 0.726. The molecule has 1 N–H and O–H groups in total. The number of urea groups is 1. The van der Waals surface area contributed by atoms with Gasteiger partial charge in [0.1, 0.15) is 18.2 Å². The van der Waals surface area contributed by atoms with E-state index < -0.39 is 5.82 Å². The van der Waals surface area contributed by atoms with Crippen LogP contribution in [0.2, 0.25) is 0 Å². The number of halogens is 1. The summed E-state index contributed by atoms with van der Waals surface area (Å²) in [6.45, 7) is 1.74. The van der Waals surface area contributed by atoms with Crippen LogP contribution in [0, 0.1) is 29.5 Å². The topological polar surface area (TPSA) is 68.6 Å². The van der Waals surface area contributed by atoms with E-state index in [1.165, 1.54) is 6.07 Å². The molecule has 2 aromatic rings. The van der Waals surface area contributed by atoms with E-state index in [1.54, 1.807) is 24.1 Å². The van der Waals surface area contributed by atoms with E-state index in [0.717, 1.165) is 18.4 Å². The van der Waals surface area contributed by atoms with Crippen molar-refractivity contribution in [2.75, 3.05) is 31.6 Å². The van der Waals surface area contributed by atoms with Gasteiger partial charge >= 0.3 is 6.03 Å². The van der Waals surface area contributed by atoms with Crippen molar-refractivity contribution in [2.24, 2.45) is 0 Å². The van der Waals surface area contributed by atoms with Gasteiger partial charge in [0.15, 0.2) is 0 Å². The van der Waals surface area contributed by atoms with Crippen molar-refractivity contribution < 1.29 is 13.9 Å². The maximum Gasteiger partial charge on any atom is 0.317 e. The molecule has 0 saturated carbocycles. The Kier molecular flexibility index (Phi) is 7.35. The number of carbonyl (C=O) groups excluding carboxylic acids is 1. The molecule has 3 rings (SSSR count). The van der Waals surface area contributed by atoms with Crippen LogP contribution in [-0.2, 0) is 6.54 Å². The molecule has 0 spiro atoms. The minimum absolute atomic E-state index is 0.105. The minimum atomic E-state index is -0.424. The van der Waals surface area contributed by atoms with Gasteiger partial charge in [-0.2, -0.15) is 5.26 Å². The standard InChI is InChI=1S/C24H25FN4O2/c1-3-13-31-23-9-5-4-7-19(23)16-28(2)24(30)27-20-8-6-12-29(17-20)22-11-10-18(15-26)14-21(22)25/h1,4-5,7,9-11,14,20H,6,8,12-13,16-17H2,2H3,(H,27,30)/t20-/m1/s1. The zero-order valence-corrected chi connectivity index (χ0v) is 17.5. The molecule has 0 aliphatic carbocycles. The summed E-state index contributed by atoms with van der Waals surface area (Å²) in [5, 5.41) is 12.0. The summed E-state index contributed by atoms with van der Waals surface area (Å²) in [4.78, 5) is 16.2. The molecule has 7 heteroatoms. The number of hydrogen-bond donors (Lipinski definition) is 1. The predicted octanol–water partition coefficient (Wildman–Crippen LogP) is 3.52. The Balaban J connectivity index is 1.60. The highest BCUT2D eigenvalue weighted by atomic mass is 19.1. The van der Waals surface area contributed by atoms with Crippen molar-refractivity contribution in [3.63, 3.8) is 0 Å². The van der Waals surface area contributed by atoms with Crippen LogP contribution in [0.3, 0.4) is 0 Å². The van der Waals surface area contributed by atoms with E-state index >= 15 is 0 Å². The molecule has 0 unspecified atom stereocenters. The fraction of sp³-hybridized carbons (Fsp3) is 0.333. The largest absolute Gasteiger partial charge is 0.481 e. The highest BCUT2D eigenvalue weighted by Crippen LogP contribution is 2.24. The normalized spacial score (nSPS) is 15.5. The van der Waals surface area contributed by atoms with Crippen LogP contribution in [0.25, 0.3) is 0 Å². The Labute approximate surface area is 182 Å². The number of ether oxygens (including phenoxy) is 1. The molecule has 2 aromatic carbocycles. The molecule has 1 saturated heterocycles. The molecule has 0 bridgehead atoms. The molecule has 1 atom stereocenters. The Morgan fingerprint density at radius 2 is 2.19 bits per heavy atom. The molecule has 1 heterocycles. The minimum Gasteiger partial charge on any atom is -0.481 e. The fourth-order valence-corrected chi connectivity index (χ4v) is 3.65. The average Bonchev–Trinajstić information content (AvgIpc) is 2.78. The van der Waals surface area contributed by atoms with Gasteiger partial charge < -0.3 is 19.9 Å². The number of anilines is 1. The summed E-state index contributed by atoms with van der Waals surface area (Å²) in [7, 11) is 1.72. The number of nitrogens with one attached hydrogen (secondary N) is 1. The molecule has 2 amide bonds. The van der Waals surface area contributed by atoms with Crippen LogP contribution in [0.1, 0.15) is 24.0 Å². The van der Waals surface area contributed by atoms with Gasteiger partial charge in [0.05, 0.1) is 23.9 Å². The number of para-hydroxylation sites is 1. The molecule has 1 aliphatic heterocycles. The molecule has 6 nitrogen and oxygen atoms in total. The van der Waals surface area contributed by atoms with Crippen LogP contribution >= 0.6 is 0 Å². The third-order valence-corrected chi connectivity index (χ3v) is 5.20. The van der Waals surface area contributed by atoms with Gasteiger partial charge in [-0.15, -0.1) is 6.42 Å². The number of carbonyl (C=O) groups is 1. The summed E-state index contributed by atoms with van der Waals surface area (Å²) in [6, 6.07) is 13.6. The van der Waals surface area contributed by atoms with Crippen molar-refractivity contribution in [1.29, 1.82) is 5.26 Å². The van der Waals surface area contributed by atoms with Crippen molar-refractivity contribution in [3.05, 3.63) is 59.4 Å². The van der Waals surface area contributed by atoms with Gasteiger partial charge in [-0.25, -0.2) is 9.18 Å². The highest BCUT2D eigenvalue weighted by molar-refractivity contribution is 5.74. The number of nitriles is 1.